The summed E-state index contributed by atoms with van der Waals surface area (Å²) in [6.07, 6.45) is 7.12. The fraction of sp³-hybridized carbons (Fsp3) is 0.190. The van der Waals surface area contributed by atoms with Crippen LogP contribution in [0.5, 0.6) is 17.2 Å². The maximum absolute atomic E-state index is 10.6. The van der Waals surface area contributed by atoms with Crippen LogP contribution < -0.4 is 14.2 Å². The Kier molecular flexibility index (Phi) is 12.7. The Morgan fingerprint density at radius 2 is 1.12 bits per heavy atom. The van der Waals surface area contributed by atoms with Gasteiger partial charge in [0.05, 0.1) is 15.8 Å². The van der Waals surface area contributed by atoms with Crippen molar-refractivity contribution in [1.29, 1.82) is 0 Å². The van der Waals surface area contributed by atoms with Gasteiger partial charge in [0.2, 0.25) is 0 Å². The SMILES string of the molecule is CC(C)(C)Oc1ccc([S+](c2cccc(OCc3ccncc3)c2)c2cccc(OCc3ccncc3)c2)cc1.Cc1ccc(S(=O)(=O)[O-])c(C)c1. The number of hydrogen-bond acceptors (Lipinski definition) is 8. The predicted octanol–water partition coefficient (Wildman–Crippen LogP) is 9.11. The van der Waals surface area contributed by atoms with Crippen molar-refractivity contribution in [1.82, 2.24) is 9.97 Å². The molecular formula is C42H42N2O6S2. The summed E-state index contributed by atoms with van der Waals surface area (Å²) in [5, 5.41) is 0. The van der Waals surface area contributed by atoms with E-state index in [2.05, 4.69) is 79.3 Å². The maximum Gasteiger partial charge on any atom is 0.170 e. The summed E-state index contributed by atoms with van der Waals surface area (Å²) >= 11 is 0. The van der Waals surface area contributed by atoms with Crippen molar-refractivity contribution in [3.63, 3.8) is 0 Å². The summed E-state index contributed by atoms with van der Waals surface area (Å²) < 4.78 is 50.3. The second-order valence-electron chi connectivity index (χ2n) is 13.0. The standard InChI is InChI=1S/C34H33N2O3S.C8H10O3S/c1-34(2,3)39-28-10-12-31(13-11-28)40(32-8-4-6-29(22-32)37-24-26-14-18-35-19-15-26)33-9-5-7-30(23-33)38-25-27-16-20-36-21-17-27;1-6-3-4-8(7(2)5-6)12(9,10)11/h4-23H,24-25H2,1-3H3;3-5H,1-2H3,(H,9,10,11)/q+1;/p-1. The normalized spacial score (nSPS) is 11.4. The van der Waals surface area contributed by atoms with Crippen LogP contribution in [0.25, 0.3) is 0 Å². The largest absolute Gasteiger partial charge is 0.744 e. The fourth-order valence-electron chi connectivity index (χ4n) is 5.16. The zero-order valence-electron chi connectivity index (χ0n) is 29.9. The highest BCUT2D eigenvalue weighted by atomic mass is 32.2. The van der Waals surface area contributed by atoms with E-state index in [0.717, 1.165) is 43.7 Å². The Labute approximate surface area is 309 Å². The average Bonchev–Trinajstić information content (AvgIpc) is 3.11. The number of ether oxygens (including phenoxy) is 3. The van der Waals surface area contributed by atoms with E-state index >= 15 is 0 Å². The summed E-state index contributed by atoms with van der Waals surface area (Å²) in [5.41, 5.74) is 3.34. The second kappa shape index (κ2) is 17.4. The van der Waals surface area contributed by atoms with Crippen LogP contribution in [-0.4, -0.2) is 28.5 Å². The molecule has 2 aromatic heterocycles. The number of hydrogen-bond donors (Lipinski definition) is 0. The monoisotopic (exact) mass is 734 g/mol. The van der Waals surface area contributed by atoms with E-state index in [1.54, 1.807) is 43.8 Å². The zero-order chi connectivity index (χ0) is 37.1. The van der Waals surface area contributed by atoms with Gasteiger partial charge in [-0.15, -0.1) is 0 Å². The van der Waals surface area contributed by atoms with E-state index in [1.165, 1.54) is 11.0 Å². The molecule has 0 N–H and O–H groups in total. The fourth-order valence-corrected chi connectivity index (χ4v) is 7.97. The zero-order valence-corrected chi connectivity index (χ0v) is 31.5. The van der Waals surface area contributed by atoms with Gasteiger partial charge < -0.3 is 18.8 Å². The van der Waals surface area contributed by atoms with Gasteiger partial charge in [-0.3, -0.25) is 9.97 Å². The molecule has 268 valence electrons. The molecule has 0 spiro atoms. The molecule has 0 unspecified atom stereocenters. The maximum atomic E-state index is 10.6. The first-order chi connectivity index (χ1) is 24.8. The average molecular weight is 735 g/mol. The second-order valence-corrected chi connectivity index (χ2v) is 16.3. The Hall–Kier alpha value is -5.16. The van der Waals surface area contributed by atoms with Gasteiger partial charge >= 0.3 is 0 Å². The lowest BCUT2D eigenvalue weighted by molar-refractivity contribution is 0.131. The highest BCUT2D eigenvalue weighted by Gasteiger charge is 2.30. The number of benzene rings is 4. The van der Waals surface area contributed by atoms with Crippen molar-refractivity contribution in [2.24, 2.45) is 0 Å². The Bertz CT molecular complexity index is 2070. The molecule has 0 aliphatic carbocycles. The van der Waals surface area contributed by atoms with Crippen molar-refractivity contribution >= 4 is 21.0 Å². The van der Waals surface area contributed by atoms with Gasteiger partial charge in [-0.2, -0.15) is 0 Å². The molecule has 0 bridgehead atoms. The lowest BCUT2D eigenvalue weighted by atomic mass is 10.2. The molecule has 0 saturated heterocycles. The van der Waals surface area contributed by atoms with Crippen LogP contribution in [0, 0.1) is 13.8 Å². The van der Waals surface area contributed by atoms with Gasteiger partial charge in [0.25, 0.3) is 0 Å². The molecule has 6 aromatic rings. The molecule has 8 nitrogen and oxygen atoms in total. The van der Waals surface area contributed by atoms with E-state index in [4.69, 9.17) is 14.2 Å². The minimum absolute atomic E-state index is 0.131. The highest BCUT2D eigenvalue weighted by Crippen LogP contribution is 2.36. The number of rotatable bonds is 11. The van der Waals surface area contributed by atoms with Gasteiger partial charge in [-0.1, -0.05) is 29.8 Å². The van der Waals surface area contributed by atoms with Gasteiger partial charge in [0.1, 0.15) is 46.2 Å². The van der Waals surface area contributed by atoms with Crippen LogP contribution in [0.2, 0.25) is 0 Å². The Morgan fingerprint density at radius 1 is 0.615 bits per heavy atom. The van der Waals surface area contributed by atoms with E-state index in [1.807, 2.05) is 55.5 Å². The summed E-state index contributed by atoms with van der Waals surface area (Å²) in [4.78, 5) is 11.5. The van der Waals surface area contributed by atoms with Gasteiger partial charge in [0, 0.05) is 36.9 Å². The number of aromatic nitrogens is 2. The molecule has 0 saturated carbocycles. The molecule has 52 heavy (non-hydrogen) atoms. The molecule has 0 aliphatic heterocycles. The molecule has 0 amide bonds. The minimum atomic E-state index is -4.30. The molecule has 0 atom stereocenters. The summed E-state index contributed by atoms with van der Waals surface area (Å²) in [6.45, 7) is 10.6. The third-order valence-corrected chi connectivity index (χ3v) is 10.7. The van der Waals surface area contributed by atoms with Crippen LogP contribution in [0.4, 0.5) is 0 Å². The number of pyridine rings is 2. The third-order valence-electron chi connectivity index (χ3n) is 7.48. The summed E-state index contributed by atoms with van der Waals surface area (Å²) in [5.74, 6) is 2.50. The molecule has 2 heterocycles. The van der Waals surface area contributed by atoms with E-state index in [-0.39, 0.29) is 10.5 Å². The molecule has 0 aliphatic rings. The van der Waals surface area contributed by atoms with Crippen LogP contribution in [0.15, 0.2) is 160 Å². The lowest BCUT2D eigenvalue weighted by Crippen LogP contribution is -2.22. The van der Waals surface area contributed by atoms with Crippen LogP contribution >= 0.6 is 0 Å². The molecular weight excluding hydrogens is 693 g/mol. The first-order valence-electron chi connectivity index (χ1n) is 16.6. The number of nitrogens with zero attached hydrogens (tertiary/aromatic N) is 2. The third kappa shape index (κ3) is 11.4. The number of aryl methyl sites for hydroxylation is 2. The molecule has 6 rings (SSSR count). The smallest absolute Gasteiger partial charge is 0.170 e. The van der Waals surface area contributed by atoms with Gasteiger partial charge in [0.15, 0.2) is 14.7 Å². The summed E-state index contributed by atoms with van der Waals surface area (Å²) in [6, 6.07) is 37.6. The predicted molar refractivity (Wildman–Crippen MR) is 203 cm³/mol. The molecule has 10 heteroatoms. The Balaban J connectivity index is 0.000000370. The van der Waals surface area contributed by atoms with Crippen molar-refractivity contribution in [2.45, 2.75) is 73.0 Å². The lowest BCUT2D eigenvalue weighted by Gasteiger charge is -2.21. The molecule has 0 radical (unpaired) electrons. The van der Waals surface area contributed by atoms with E-state index in [9.17, 15) is 13.0 Å². The van der Waals surface area contributed by atoms with Crippen LogP contribution in [0.3, 0.4) is 0 Å². The van der Waals surface area contributed by atoms with Gasteiger partial charge in [-0.25, -0.2) is 8.42 Å². The van der Waals surface area contributed by atoms with Crippen molar-refractivity contribution < 1.29 is 27.2 Å². The molecule has 4 aromatic carbocycles. The van der Waals surface area contributed by atoms with E-state index < -0.39 is 21.0 Å². The topological polar surface area (TPSA) is 111 Å². The Morgan fingerprint density at radius 3 is 1.56 bits per heavy atom. The van der Waals surface area contributed by atoms with Crippen molar-refractivity contribution in [3.8, 4) is 17.2 Å². The highest BCUT2D eigenvalue weighted by molar-refractivity contribution is 7.97. The molecule has 0 fully saturated rings. The summed E-state index contributed by atoms with van der Waals surface area (Å²) in [7, 11) is -4.70. The quantitative estimate of drug-likeness (QED) is 0.0958. The van der Waals surface area contributed by atoms with Crippen molar-refractivity contribution in [3.05, 3.63) is 162 Å². The van der Waals surface area contributed by atoms with E-state index in [0.29, 0.717) is 18.8 Å². The van der Waals surface area contributed by atoms with Crippen LogP contribution in [0.1, 0.15) is 43.0 Å². The minimum Gasteiger partial charge on any atom is -0.744 e. The first-order valence-corrected chi connectivity index (χ1v) is 19.3. The van der Waals surface area contributed by atoms with Crippen molar-refractivity contribution in [2.75, 3.05) is 0 Å². The first kappa shape index (κ1) is 38.1. The van der Waals surface area contributed by atoms with Gasteiger partial charge in [-0.05, 0) is 130 Å². The van der Waals surface area contributed by atoms with Crippen LogP contribution in [-0.2, 0) is 34.2 Å².